The summed E-state index contributed by atoms with van der Waals surface area (Å²) < 4.78 is 0. The molecule has 1 aliphatic carbocycles. The van der Waals surface area contributed by atoms with E-state index in [1.165, 1.54) is 19.3 Å². The highest BCUT2D eigenvalue weighted by atomic mass is 16.1. The summed E-state index contributed by atoms with van der Waals surface area (Å²) in [6.45, 7) is 6.17. The van der Waals surface area contributed by atoms with Gasteiger partial charge < -0.3 is 0 Å². The van der Waals surface area contributed by atoms with Crippen molar-refractivity contribution in [1.29, 1.82) is 0 Å². The number of carbonyl (C=O) groups is 1. The Morgan fingerprint density at radius 1 is 1.38 bits per heavy atom. The lowest BCUT2D eigenvalue weighted by atomic mass is 9.76. The third-order valence-corrected chi connectivity index (χ3v) is 3.17. The van der Waals surface area contributed by atoms with Crippen LogP contribution in [0.3, 0.4) is 0 Å². The summed E-state index contributed by atoms with van der Waals surface area (Å²) in [5.41, 5.74) is 0. The molecule has 0 bridgehead atoms. The molecule has 0 heterocycles. The molecule has 0 spiro atoms. The first kappa shape index (κ1) is 10.7. The largest absolute Gasteiger partial charge is 0.300 e. The molecular formula is C12H22O. The zero-order chi connectivity index (χ0) is 9.84. The molecule has 13 heavy (non-hydrogen) atoms. The summed E-state index contributed by atoms with van der Waals surface area (Å²) >= 11 is 0. The molecule has 0 amide bonds. The number of rotatable bonds is 5. The van der Waals surface area contributed by atoms with E-state index in [0.29, 0.717) is 17.6 Å². The zero-order valence-corrected chi connectivity index (χ0v) is 9.18. The van der Waals surface area contributed by atoms with E-state index in [1.54, 1.807) is 6.92 Å². The summed E-state index contributed by atoms with van der Waals surface area (Å²) in [5, 5.41) is 0. The van der Waals surface area contributed by atoms with Gasteiger partial charge >= 0.3 is 0 Å². The van der Waals surface area contributed by atoms with E-state index in [2.05, 4.69) is 13.8 Å². The van der Waals surface area contributed by atoms with Gasteiger partial charge in [-0.3, -0.25) is 4.79 Å². The fraction of sp³-hybridized carbons (Fsp3) is 0.917. The van der Waals surface area contributed by atoms with Crippen LogP contribution in [0.15, 0.2) is 0 Å². The van der Waals surface area contributed by atoms with E-state index in [4.69, 9.17) is 0 Å². The molecule has 1 nitrogen and oxygen atoms in total. The lowest BCUT2D eigenvalue weighted by Gasteiger charge is -2.29. The molecule has 1 rings (SSSR count). The number of ketones is 1. The lowest BCUT2D eigenvalue weighted by molar-refractivity contribution is -0.122. The molecular weight excluding hydrogens is 160 g/mol. The van der Waals surface area contributed by atoms with E-state index >= 15 is 0 Å². The SMILES string of the molecule is CC(=O)C(CC(C)C)CC1CCC1. The van der Waals surface area contributed by atoms with Crippen LogP contribution >= 0.6 is 0 Å². The molecule has 1 atom stereocenters. The van der Waals surface area contributed by atoms with Gasteiger partial charge in [-0.05, 0) is 31.6 Å². The number of hydrogen-bond donors (Lipinski definition) is 0. The monoisotopic (exact) mass is 182 g/mol. The Morgan fingerprint density at radius 2 is 2.00 bits per heavy atom. The number of Topliss-reactive ketones (excluding diaryl/α,β-unsaturated/α-hetero) is 1. The smallest absolute Gasteiger partial charge is 0.132 e. The Morgan fingerprint density at radius 3 is 2.31 bits per heavy atom. The van der Waals surface area contributed by atoms with Crippen molar-refractivity contribution in [1.82, 2.24) is 0 Å². The first-order chi connectivity index (χ1) is 6.09. The highest BCUT2D eigenvalue weighted by Gasteiger charge is 2.24. The van der Waals surface area contributed by atoms with Crippen molar-refractivity contribution in [3.63, 3.8) is 0 Å². The molecule has 0 aromatic carbocycles. The Balaban J connectivity index is 2.32. The Hall–Kier alpha value is -0.330. The summed E-state index contributed by atoms with van der Waals surface area (Å²) in [7, 11) is 0. The fourth-order valence-corrected chi connectivity index (χ4v) is 2.13. The predicted molar refractivity (Wildman–Crippen MR) is 55.6 cm³/mol. The average Bonchev–Trinajstić information content (AvgIpc) is 1.92. The molecule has 1 heteroatoms. The fourth-order valence-electron chi connectivity index (χ4n) is 2.13. The maximum atomic E-state index is 11.4. The van der Waals surface area contributed by atoms with Gasteiger partial charge in [-0.1, -0.05) is 33.1 Å². The van der Waals surface area contributed by atoms with Gasteiger partial charge in [-0.15, -0.1) is 0 Å². The lowest BCUT2D eigenvalue weighted by Crippen LogP contribution is -2.21. The van der Waals surface area contributed by atoms with Crippen LogP contribution in [0.1, 0.15) is 52.9 Å². The normalized spacial score (nSPS) is 20.0. The van der Waals surface area contributed by atoms with Gasteiger partial charge in [0.05, 0.1) is 0 Å². The number of carbonyl (C=O) groups excluding carboxylic acids is 1. The molecule has 0 saturated heterocycles. The highest BCUT2D eigenvalue weighted by molar-refractivity contribution is 5.78. The third-order valence-electron chi connectivity index (χ3n) is 3.17. The van der Waals surface area contributed by atoms with Crippen LogP contribution in [0.2, 0.25) is 0 Å². The van der Waals surface area contributed by atoms with E-state index < -0.39 is 0 Å². The maximum Gasteiger partial charge on any atom is 0.132 e. The van der Waals surface area contributed by atoms with Crippen molar-refractivity contribution >= 4 is 5.78 Å². The zero-order valence-electron chi connectivity index (χ0n) is 9.18. The van der Waals surface area contributed by atoms with Gasteiger partial charge in [0.25, 0.3) is 0 Å². The van der Waals surface area contributed by atoms with Crippen LogP contribution in [-0.2, 0) is 4.79 Å². The van der Waals surface area contributed by atoms with Crippen molar-refractivity contribution in [2.75, 3.05) is 0 Å². The molecule has 0 radical (unpaired) electrons. The van der Waals surface area contributed by atoms with Gasteiger partial charge in [-0.2, -0.15) is 0 Å². The second-order valence-electron chi connectivity index (χ2n) is 4.97. The van der Waals surface area contributed by atoms with Crippen LogP contribution < -0.4 is 0 Å². The van der Waals surface area contributed by atoms with Crippen LogP contribution in [0.4, 0.5) is 0 Å². The average molecular weight is 182 g/mol. The van der Waals surface area contributed by atoms with Crippen LogP contribution in [0.5, 0.6) is 0 Å². The van der Waals surface area contributed by atoms with E-state index in [-0.39, 0.29) is 0 Å². The standard InChI is InChI=1S/C12H22O/c1-9(2)7-12(10(3)13)8-11-5-4-6-11/h9,11-12H,4-8H2,1-3H3. The first-order valence-corrected chi connectivity index (χ1v) is 5.60. The minimum atomic E-state index is 0.352. The molecule has 76 valence electrons. The van der Waals surface area contributed by atoms with Crippen LogP contribution in [-0.4, -0.2) is 5.78 Å². The topological polar surface area (TPSA) is 17.1 Å². The van der Waals surface area contributed by atoms with Gasteiger partial charge in [0.2, 0.25) is 0 Å². The summed E-state index contributed by atoms with van der Waals surface area (Å²) in [5.74, 6) is 2.28. The van der Waals surface area contributed by atoms with Gasteiger partial charge in [0.1, 0.15) is 5.78 Å². The quantitative estimate of drug-likeness (QED) is 0.636. The third kappa shape index (κ3) is 3.50. The van der Waals surface area contributed by atoms with Crippen LogP contribution in [0, 0.1) is 17.8 Å². The Bertz CT molecular complexity index is 168. The van der Waals surface area contributed by atoms with Crippen LogP contribution in [0.25, 0.3) is 0 Å². The molecule has 1 unspecified atom stereocenters. The first-order valence-electron chi connectivity index (χ1n) is 5.60. The van der Waals surface area contributed by atoms with Crippen molar-refractivity contribution in [3.05, 3.63) is 0 Å². The maximum absolute atomic E-state index is 11.4. The molecule has 1 fully saturated rings. The van der Waals surface area contributed by atoms with Crippen molar-refractivity contribution in [2.45, 2.75) is 52.9 Å². The molecule has 0 N–H and O–H groups in total. The molecule has 1 aliphatic rings. The van der Waals surface area contributed by atoms with Crippen molar-refractivity contribution < 1.29 is 4.79 Å². The predicted octanol–water partition coefficient (Wildman–Crippen LogP) is 3.43. The van der Waals surface area contributed by atoms with E-state index in [0.717, 1.165) is 18.8 Å². The Kier molecular flexibility index (Phi) is 3.95. The second-order valence-corrected chi connectivity index (χ2v) is 4.97. The molecule has 0 aromatic rings. The van der Waals surface area contributed by atoms with E-state index in [9.17, 15) is 4.79 Å². The van der Waals surface area contributed by atoms with Gasteiger partial charge in [0.15, 0.2) is 0 Å². The van der Waals surface area contributed by atoms with Gasteiger partial charge in [0, 0.05) is 5.92 Å². The molecule has 0 aromatic heterocycles. The minimum absolute atomic E-state index is 0.352. The Labute approximate surface area is 81.9 Å². The highest BCUT2D eigenvalue weighted by Crippen LogP contribution is 2.34. The molecule has 0 aliphatic heterocycles. The minimum Gasteiger partial charge on any atom is -0.300 e. The molecule has 1 saturated carbocycles. The van der Waals surface area contributed by atoms with Gasteiger partial charge in [-0.25, -0.2) is 0 Å². The van der Waals surface area contributed by atoms with Crippen molar-refractivity contribution in [3.8, 4) is 0 Å². The summed E-state index contributed by atoms with van der Waals surface area (Å²) in [6.07, 6.45) is 6.36. The second kappa shape index (κ2) is 4.78. The summed E-state index contributed by atoms with van der Waals surface area (Å²) in [4.78, 5) is 11.4. The number of hydrogen-bond acceptors (Lipinski definition) is 1. The summed E-state index contributed by atoms with van der Waals surface area (Å²) in [6, 6.07) is 0. The van der Waals surface area contributed by atoms with E-state index in [1.807, 2.05) is 0 Å². The van der Waals surface area contributed by atoms with Crippen molar-refractivity contribution in [2.24, 2.45) is 17.8 Å².